The number of nitrogens with zero attached hydrogens (tertiary/aromatic N) is 2. The Morgan fingerprint density at radius 1 is 1.09 bits per heavy atom. The van der Waals surface area contributed by atoms with Crippen LogP contribution in [0.1, 0.15) is 37.6 Å². The van der Waals surface area contributed by atoms with Crippen molar-refractivity contribution in [1.29, 1.82) is 0 Å². The van der Waals surface area contributed by atoms with Gasteiger partial charge in [0.2, 0.25) is 5.91 Å². The normalized spacial score (nSPS) is 17.2. The van der Waals surface area contributed by atoms with Crippen LogP contribution in [0.2, 0.25) is 0 Å². The molecular formula is C25H34N4O3. The second kappa shape index (κ2) is 11.1. The van der Waals surface area contributed by atoms with Crippen LogP contribution in [0, 0.1) is 0 Å². The minimum atomic E-state index is -0.236. The minimum absolute atomic E-state index is 0.0311. The number of carbonyl (C=O) groups excluding carboxylic acids is 2. The van der Waals surface area contributed by atoms with Gasteiger partial charge in [-0.25, -0.2) is 0 Å². The number of likely N-dealkylation sites (N-methyl/N-ethyl adjacent to an activating group) is 1. The summed E-state index contributed by atoms with van der Waals surface area (Å²) in [5.74, 6) is 0.334. The summed E-state index contributed by atoms with van der Waals surface area (Å²) in [5, 5.41) is 5.83. The van der Waals surface area contributed by atoms with Crippen LogP contribution in [0.5, 0.6) is 5.75 Å². The lowest BCUT2D eigenvalue weighted by Gasteiger charge is -2.28. The molecule has 0 spiro atoms. The lowest BCUT2D eigenvalue weighted by atomic mass is 10.1. The summed E-state index contributed by atoms with van der Waals surface area (Å²) < 4.78 is 5.27. The number of benzene rings is 2. The highest BCUT2D eigenvalue weighted by Gasteiger charge is 2.31. The third-order valence-corrected chi connectivity index (χ3v) is 6.22. The van der Waals surface area contributed by atoms with Gasteiger partial charge in [-0.05, 0) is 62.8 Å². The fourth-order valence-electron chi connectivity index (χ4n) is 4.22. The number of likely N-dealkylation sites (tertiary alicyclic amines) is 1. The topological polar surface area (TPSA) is 73.9 Å². The molecule has 2 amide bonds. The predicted molar refractivity (Wildman–Crippen MR) is 128 cm³/mol. The van der Waals surface area contributed by atoms with E-state index in [2.05, 4.69) is 34.3 Å². The number of methoxy groups -OCH3 is 1. The van der Waals surface area contributed by atoms with Crippen molar-refractivity contribution in [2.45, 2.75) is 39.3 Å². The summed E-state index contributed by atoms with van der Waals surface area (Å²) in [6.07, 6.45) is 1.09. The quantitative estimate of drug-likeness (QED) is 0.625. The van der Waals surface area contributed by atoms with Crippen LogP contribution < -0.4 is 15.4 Å². The predicted octanol–water partition coefficient (Wildman–Crippen LogP) is 3.69. The van der Waals surface area contributed by atoms with Gasteiger partial charge in [0.05, 0.1) is 18.8 Å². The van der Waals surface area contributed by atoms with E-state index >= 15 is 0 Å². The van der Waals surface area contributed by atoms with E-state index in [4.69, 9.17) is 4.74 Å². The highest BCUT2D eigenvalue weighted by molar-refractivity contribution is 6.05. The number of anilines is 2. The standard InChI is InChI=1S/C25H34N4O3/c1-5-28(6-2)21-15-16-29(17-21)18(3)24(30)26-20-13-11-19(12-14-20)25(31)27-22-9-7-8-10-23(22)32-4/h7-14,18,21H,5-6,15-17H2,1-4H3,(H,26,30)(H,27,31)/t18-,21-/m1/s1. The summed E-state index contributed by atoms with van der Waals surface area (Å²) in [6.45, 7) is 10.2. The van der Waals surface area contributed by atoms with Crippen LogP contribution in [0.25, 0.3) is 0 Å². The number of hydrogen-bond acceptors (Lipinski definition) is 5. The van der Waals surface area contributed by atoms with Crippen LogP contribution >= 0.6 is 0 Å². The van der Waals surface area contributed by atoms with Crippen LogP contribution in [-0.4, -0.2) is 67.0 Å². The maximum atomic E-state index is 12.8. The van der Waals surface area contributed by atoms with Crippen molar-refractivity contribution in [2.75, 3.05) is 43.9 Å². The average Bonchev–Trinajstić information content (AvgIpc) is 3.30. The fraction of sp³-hybridized carbons (Fsp3) is 0.440. The number of ether oxygens (including phenoxy) is 1. The Hall–Kier alpha value is -2.90. The van der Waals surface area contributed by atoms with Crippen molar-refractivity contribution in [3.8, 4) is 5.75 Å². The summed E-state index contributed by atoms with van der Waals surface area (Å²) in [6, 6.07) is 14.5. The molecule has 1 aliphatic heterocycles. The zero-order valence-electron chi connectivity index (χ0n) is 19.4. The van der Waals surface area contributed by atoms with Gasteiger partial charge < -0.3 is 15.4 Å². The van der Waals surface area contributed by atoms with Gasteiger partial charge in [-0.15, -0.1) is 0 Å². The Labute approximate surface area is 190 Å². The third-order valence-electron chi connectivity index (χ3n) is 6.22. The maximum absolute atomic E-state index is 12.8. The van der Waals surface area contributed by atoms with Crippen molar-refractivity contribution in [3.05, 3.63) is 54.1 Å². The van der Waals surface area contributed by atoms with Crippen molar-refractivity contribution in [3.63, 3.8) is 0 Å². The first kappa shape index (κ1) is 23.8. The van der Waals surface area contributed by atoms with Crippen LogP contribution in [0.15, 0.2) is 48.5 Å². The van der Waals surface area contributed by atoms with Crippen LogP contribution in [-0.2, 0) is 4.79 Å². The molecule has 0 bridgehead atoms. The number of rotatable bonds is 9. The van der Waals surface area contributed by atoms with E-state index in [-0.39, 0.29) is 17.9 Å². The maximum Gasteiger partial charge on any atom is 0.255 e. The van der Waals surface area contributed by atoms with Gasteiger partial charge in [-0.2, -0.15) is 0 Å². The van der Waals surface area contributed by atoms with Gasteiger partial charge in [-0.3, -0.25) is 19.4 Å². The first-order chi connectivity index (χ1) is 15.5. The van der Waals surface area contributed by atoms with E-state index in [1.807, 2.05) is 19.1 Å². The van der Waals surface area contributed by atoms with Crippen molar-refractivity contribution < 1.29 is 14.3 Å². The first-order valence-electron chi connectivity index (χ1n) is 11.3. The second-order valence-corrected chi connectivity index (χ2v) is 8.06. The van der Waals surface area contributed by atoms with Crippen molar-refractivity contribution >= 4 is 23.2 Å². The van der Waals surface area contributed by atoms with E-state index in [0.29, 0.717) is 28.7 Å². The molecule has 2 aromatic rings. The summed E-state index contributed by atoms with van der Waals surface area (Å²) in [5.41, 5.74) is 1.79. The molecule has 2 atom stereocenters. The van der Waals surface area contributed by atoms with Crippen LogP contribution in [0.3, 0.4) is 0 Å². The molecule has 7 nitrogen and oxygen atoms in total. The zero-order valence-corrected chi connectivity index (χ0v) is 19.4. The van der Waals surface area contributed by atoms with Gasteiger partial charge in [0, 0.05) is 30.4 Å². The Balaban J connectivity index is 1.56. The van der Waals surface area contributed by atoms with E-state index < -0.39 is 0 Å². The van der Waals surface area contributed by atoms with Gasteiger partial charge in [0.1, 0.15) is 5.75 Å². The molecule has 0 radical (unpaired) electrons. The molecule has 3 rings (SSSR count). The molecule has 32 heavy (non-hydrogen) atoms. The molecule has 2 aromatic carbocycles. The lowest BCUT2D eigenvalue weighted by Crippen LogP contribution is -2.43. The number of carbonyl (C=O) groups is 2. The first-order valence-corrected chi connectivity index (χ1v) is 11.3. The van der Waals surface area contributed by atoms with Crippen molar-refractivity contribution in [2.24, 2.45) is 0 Å². The number of hydrogen-bond donors (Lipinski definition) is 2. The Bertz CT molecular complexity index is 912. The molecule has 172 valence electrons. The summed E-state index contributed by atoms with van der Waals surface area (Å²) in [7, 11) is 1.56. The lowest BCUT2D eigenvalue weighted by molar-refractivity contribution is -0.120. The third kappa shape index (κ3) is 5.66. The van der Waals surface area contributed by atoms with Gasteiger partial charge in [0.15, 0.2) is 0 Å². The van der Waals surface area contributed by atoms with Gasteiger partial charge in [-0.1, -0.05) is 26.0 Å². The molecule has 0 unspecified atom stereocenters. The van der Waals surface area contributed by atoms with E-state index in [0.717, 1.165) is 32.6 Å². The van der Waals surface area contributed by atoms with Gasteiger partial charge >= 0.3 is 0 Å². The Morgan fingerprint density at radius 3 is 2.44 bits per heavy atom. The van der Waals surface area contributed by atoms with E-state index in [1.165, 1.54) is 0 Å². The molecule has 0 aliphatic carbocycles. The second-order valence-electron chi connectivity index (χ2n) is 8.06. The Kier molecular flexibility index (Phi) is 8.25. The molecule has 0 aromatic heterocycles. The molecule has 0 saturated carbocycles. The minimum Gasteiger partial charge on any atom is -0.495 e. The van der Waals surface area contributed by atoms with Crippen LogP contribution in [0.4, 0.5) is 11.4 Å². The number of amides is 2. The molecule has 7 heteroatoms. The zero-order chi connectivity index (χ0) is 23.1. The number of para-hydroxylation sites is 2. The average molecular weight is 439 g/mol. The fourth-order valence-corrected chi connectivity index (χ4v) is 4.22. The SMILES string of the molecule is CCN(CC)[C@@H]1CCN([C@H](C)C(=O)Nc2ccc(C(=O)Nc3ccccc3OC)cc2)C1. The summed E-state index contributed by atoms with van der Waals surface area (Å²) in [4.78, 5) is 30.1. The largest absolute Gasteiger partial charge is 0.495 e. The molecular weight excluding hydrogens is 404 g/mol. The summed E-state index contributed by atoms with van der Waals surface area (Å²) >= 11 is 0. The highest BCUT2D eigenvalue weighted by atomic mass is 16.5. The Morgan fingerprint density at radius 2 is 1.78 bits per heavy atom. The molecule has 1 saturated heterocycles. The van der Waals surface area contributed by atoms with E-state index in [9.17, 15) is 9.59 Å². The molecule has 1 heterocycles. The van der Waals surface area contributed by atoms with E-state index in [1.54, 1.807) is 43.5 Å². The smallest absolute Gasteiger partial charge is 0.255 e. The number of nitrogens with one attached hydrogen (secondary N) is 2. The van der Waals surface area contributed by atoms with Crippen molar-refractivity contribution in [1.82, 2.24) is 9.80 Å². The van der Waals surface area contributed by atoms with Gasteiger partial charge in [0.25, 0.3) is 5.91 Å². The monoisotopic (exact) mass is 438 g/mol. The highest BCUT2D eigenvalue weighted by Crippen LogP contribution is 2.24. The molecule has 1 fully saturated rings. The molecule has 2 N–H and O–H groups in total. The molecule has 1 aliphatic rings.